The van der Waals surface area contributed by atoms with Gasteiger partial charge in [0.2, 0.25) is 0 Å². The fourth-order valence-corrected chi connectivity index (χ4v) is 2.40. The molecule has 2 aromatic carbocycles. The molecule has 0 aliphatic carbocycles. The van der Waals surface area contributed by atoms with E-state index in [1.165, 1.54) is 11.6 Å². The Morgan fingerprint density at radius 2 is 1.29 bits per heavy atom. The summed E-state index contributed by atoms with van der Waals surface area (Å²) in [5, 5.41) is 0. The predicted octanol–water partition coefficient (Wildman–Crippen LogP) is 4.65. The summed E-state index contributed by atoms with van der Waals surface area (Å²) in [6, 6.07) is 13.5. The lowest BCUT2D eigenvalue weighted by molar-refractivity contribution is 0.572. The van der Waals surface area contributed by atoms with Gasteiger partial charge in [-0.05, 0) is 47.6 Å². The van der Waals surface area contributed by atoms with Crippen molar-refractivity contribution in [2.45, 2.75) is 45.6 Å². The third-order valence-electron chi connectivity index (χ3n) is 4.12. The standard InChI is InChI=1S/C19H24FN/c1-13-6-7-16(12-17(13)20)19(5,21)15-10-8-14(9-11-15)18(2,3)4/h6-12H,21H2,1-5H3. The van der Waals surface area contributed by atoms with Crippen LogP contribution in [-0.4, -0.2) is 0 Å². The molecule has 0 aliphatic rings. The van der Waals surface area contributed by atoms with E-state index in [9.17, 15) is 4.39 Å². The molecule has 0 bridgehead atoms. The number of rotatable bonds is 2. The molecule has 0 heterocycles. The van der Waals surface area contributed by atoms with Crippen molar-refractivity contribution in [1.29, 1.82) is 0 Å². The molecule has 0 saturated heterocycles. The van der Waals surface area contributed by atoms with Gasteiger partial charge < -0.3 is 5.73 Å². The first-order chi connectivity index (χ1) is 9.62. The van der Waals surface area contributed by atoms with E-state index in [-0.39, 0.29) is 11.2 Å². The predicted molar refractivity (Wildman–Crippen MR) is 86.9 cm³/mol. The Bertz CT molecular complexity index is 634. The first kappa shape index (κ1) is 15.7. The number of halogens is 1. The van der Waals surface area contributed by atoms with E-state index >= 15 is 0 Å². The minimum atomic E-state index is -0.703. The summed E-state index contributed by atoms with van der Waals surface area (Å²) in [5.74, 6) is -0.213. The van der Waals surface area contributed by atoms with Crippen molar-refractivity contribution in [2.75, 3.05) is 0 Å². The molecule has 1 atom stereocenters. The lowest BCUT2D eigenvalue weighted by atomic mass is 9.82. The second kappa shape index (κ2) is 5.27. The van der Waals surface area contributed by atoms with Gasteiger partial charge in [0.25, 0.3) is 0 Å². The molecule has 2 N–H and O–H groups in total. The van der Waals surface area contributed by atoms with Gasteiger partial charge in [0.15, 0.2) is 0 Å². The number of nitrogens with two attached hydrogens (primary N) is 1. The summed E-state index contributed by atoms with van der Waals surface area (Å²) in [5.41, 5.74) is 9.55. The Labute approximate surface area is 127 Å². The highest BCUT2D eigenvalue weighted by molar-refractivity contribution is 5.40. The Morgan fingerprint density at radius 1 is 0.810 bits per heavy atom. The van der Waals surface area contributed by atoms with Crippen molar-refractivity contribution >= 4 is 0 Å². The van der Waals surface area contributed by atoms with Crippen LogP contribution in [0.25, 0.3) is 0 Å². The summed E-state index contributed by atoms with van der Waals surface area (Å²) in [6.45, 7) is 10.2. The van der Waals surface area contributed by atoms with Crippen LogP contribution >= 0.6 is 0 Å². The van der Waals surface area contributed by atoms with E-state index in [0.29, 0.717) is 5.56 Å². The Balaban J connectivity index is 2.41. The molecule has 0 saturated carbocycles. The molecule has 0 aliphatic heterocycles. The van der Waals surface area contributed by atoms with Crippen LogP contribution in [0.3, 0.4) is 0 Å². The summed E-state index contributed by atoms with van der Waals surface area (Å²) in [7, 11) is 0. The maximum Gasteiger partial charge on any atom is 0.126 e. The highest BCUT2D eigenvalue weighted by Gasteiger charge is 2.25. The third-order valence-corrected chi connectivity index (χ3v) is 4.12. The zero-order chi connectivity index (χ0) is 15.8. The van der Waals surface area contributed by atoms with Crippen LogP contribution in [0.15, 0.2) is 42.5 Å². The SMILES string of the molecule is Cc1ccc(C(C)(N)c2ccc(C(C)(C)C)cc2)cc1F. The van der Waals surface area contributed by atoms with Gasteiger partial charge in [-0.2, -0.15) is 0 Å². The topological polar surface area (TPSA) is 26.0 Å². The summed E-state index contributed by atoms with van der Waals surface area (Å²) in [4.78, 5) is 0. The van der Waals surface area contributed by atoms with Gasteiger partial charge in [0.05, 0.1) is 5.54 Å². The molecule has 1 unspecified atom stereocenters. The summed E-state index contributed by atoms with van der Waals surface area (Å²) < 4.78 is 13.8. The molecule has 2 rings (SSSR count). The second-order valence-electron chi connectivity index (χ2n) is 6.99. The van der Waals surface area contributed by atoms with Crippen LogP contribution in [0, 0.1) is 12.7 Å². The van der Waals surface area contributed by atoms with Gasteiger partial charge in [0, 0.05) is 0 Å². The summed E-state index contributed by atoms with van der Waals surface area (Å²) >= 11 is 0. The lowest BCUT2D eigenvalue weighted by Crippen LogP contribution is -2.34. The molecule has 21 heavy (non-hydrogen) atoms. The highest BCUT2D eigenvalue weighted by atomic mass is 19.1. The quantitative estimate of drug-likeness (QED) is 0.853. The Morgan fingerprint density at radius 3 is 1.76 bits per heavy atom. The van der Waals surface area contributed by atoms with Crippen molar-refractivity contribution in [3.8, 4) is 0 Å². The molecular formula is C19H24FN. The van der Waals surface area contributed by atoms with E-state index in [2.05, 4.69) is 32.9 Å². The van der Waals surface area contributed by atoms with Crippen LogP contribution in [0.1, 0.15) is 49.9 Å². The van der Waals surface area contributed by atoms with E-state index in [1.807, 2.05) is 25.1 Å². The minimum Gasteiger partial charge on any atom is -0.318 e. The van der Waals surface area contributed by atoms with Crippen molar-refractivity contribution in [3.05, 3.63) is 70.5 Å². The molecule has 2 heteroatoms. The van der Waals surface area contributed by atoms with Crippen molar-refractivity contribution in [1.82, 2.24) is 0 Å². The van der Waals surface area contributed by atoms with Crippen molar-refractivity contribution in [2.24, 2.45) is 5.73 Å². The lowest BCUT2D eigenvalue weighted by Gasteiger charge is -2.27. The third kappa shape index (κ3) is 3.16. The molecule has 0 radical (unpaired) electrons. The van der Waals surface area contributed by atoms with Gasteiger partial charge in [0.1, 0.15) is 5.82 Å². The molecule has 0 spiro atoms. The maximum absolute atomic E-state index is 13.8. The number of aryl methyl sites for hydroxylation is 1. The number of benzene rings is 2. The van der Waals surface area contributed by atoms with Gasteiger partial charge >= 0.3 is 0 Å². The van der Waals surface area contributed by atoms with E-state index in [0.717, 1.165) is 11.1 Å². The fraction of sp³-hybridized carbons (Fsp3) is 0.368. The van der Waals surface area contributed by atoms with Crippen LogP contribution in [0.4, 0.5) is 4.39 Å². The molecule has 0 aromatic heterocycles. The molecular weight excluding hydrogens is 261 g/mol. The number of hydrogen-bond donors (Lipinski definition) is 1. The number of hydrogen-bond acceptors (Lipinski definition) is 1. The van der Waals surface area contributed by atoms with Crippen LogP contribution in [0.2, 0.25) is 0 Å². The Kier molecular flexibility index (Phi) is 3.94. The van der Waals surface area contributed by atoms with Crippen molar-refractivity contribution in [3.63, 3.8) is 0 Å². The van der Waals surface area contributed by atoms with Gasteiger partial charge in [-0.15, -0.1) is 0 Å². The van der Waals surface area contributed by atoms with E-state index < -0.39 is 5.54 Å². The van der Waals surface area contributed by atoms with E-state index in [4.69, 9.17) is 5.73 Å². The van der Waals surface area contributed by atoms with Crippen LogP contribution in [-0.2, 0) is 11.0 Å². The van der Waals surface area contributed by atoms with Gasteiger partial charge in [-0.25, -0.2) is 4.39 Å². The van der Waals surface area contributed by atoms with Crippen LogP contribution in [0.5, 0.6) is 0 Å². The smallest absolute Gasteiger partial charge is 0.126 e. The van der Waals surface area contributed by atoms with Gasteiger partial charge in [-0.1, -0.05) is 57.2 Å². The summed E-state index contributed by atoms with van der Waals surface area (Å²) in [6.07, 6.45) is 0. The zero-order valence-electron chi connectivity index (χ0n) is 13.5. The molecule has 0 fully saturated rings. The van der Waals surface area contributed by atoms with E-state index in [1.54, 1.807) is 13.0 Å². The molecule has 0 amide bonds. The average Bonchev–Trinajstić information content (AvgIpc) is 2.41. The highest BCUT2D eigenvalue weighted by Crippen LogP contribution is 2.30. The van der Waals surface area contributed by atoms with Crippen molar-refractivity contribution < 1.29 is 4.39 Å². The fourth-order valence-electron chi connectivity index (χ4n) is 2.40. The molecule has 1 nitrogen and oxygen atoms in total. The minimum absolute atomic E-state index is 0.111. The normalized spacial score (nSPS) is 14.8. The molecule has 112 valence electrons. The van der Waals surface area contributed by atoms with Crippen LogP contribution < -0.4 is 5.73 Å². The first-order valence-corrected chi connectivity index (χ1v) is 7.29. The zero-order valence-corrected chi connectivity index (χ0v) is 13.5. The Hall–Kier alpha value is -1.67. The second-order valence-corrected chi connectivity index (χ2v) is 6.99. The monoisotopic (exact) mass is 285 g/mol. The largest absolute Gasteiger partial charge is 0.318 e. The van der Waals surface area contributed by atoms with Gasteiger partial charge in [-0.3, -0.25) is 0 Å². The molecule has 2 aromatic rings. The maximum atomic E-state index is 13.8. The first-order valence-electron chi connectivity index (χ1n) is 7.29. The average molecular weight is 285 g/mol.